The normalized spacial score (nSPS) is 17.3. The van der Waals surface area contributed by atoms with Crippen LogP contribution in [-0.4, -0.2) is 80.2 Å². The SMILES string of the molecule is CS(=O)(=O)CCC(=O)NCC(O)CN1CCCCCC1.O=CO. The van der Waals surface area contributed by atoms with E-state index in [2.05, 4.69) is 10.2 Å². The summed E-state index contributed by atoms with van der Waals surface area (Å²) in [6, 6.07) is 0. The van der Waals surface area contributed by atoms with Gasteiger partial charge in [-0.1, -0.05) is 12.8 Å². The van der Waals surface area contributed by atoms with Gasteiger partial charge in [0.25, 0.3) is 6.47 Å². The molecule has 1 fully saturated rings. The van der Waals surface area contributed by atoms with Gasteiger partial charge in [-0.05, 0) is 25.9 Å². The first-order valence-electron chi connectivity index (χ1n) is 7.71. The third kappa shape index (κ3) is 14.2. The molecule has 0 radical (unpaired) electrons. The van der Waals surface area contributed by atoms with E-state index in [0.29, 0.717) is 6.54 Å². The Labute approximate surface area is 137 Å². The standard InChI is InChI=1S/C13H26N2O4S.CH2O2/c1-20(18,19)9-6-13(17)14-10-12(16)11-15-7-4-2-3-5-8-15;2-1-3/h12,16H,2-11H2,1H3,(H,14,17);1H,(H,2,3). The second-order valence-corrected chi connectivity index (χ2v) is 7.92. The average Bonchev–Trinajstić information content (AvgIpc) is 2.71. The second kappa shape index (κ2) is 12.3. The third-order valence-corrected chi connectivity index (χ3v) is 4.35. The lowest BCUT2D eigenvalue weighted by Gasteiger charge is -2.23. The molecule has 9 heteroatoms. The summed E-state index contributed by atoms with van der Waals surface area (Å²) >= 11 is 0. The minimum atomic E-state index is -3.12. The van der Waals surface area contributed by atoms with Crippen molar-refractivity contribution in [1.82, 2.24) is 10.2 Å². The molecular weight excluding hydrogens is 324 g/mol. The molecule has 1 saturated heterocycles. The first-order chi connectivity index (χ1) is 10.8. The van der Waals surface area contributed by atoms with Crippen LogP contribution in [0.3, 0.4) is 0 Å². The summed E-state index contributed by atoms with van der Waals surface area (Å²) in [5.74, 6) is -0.480. The highest BCUT2D eigenvalue weighted by molar-refractivity contribution is 7.90. The number of sulfone groups is 1. The summed E-state index contributed by atoms with van der Waals surface area (Å²) in [6.07, 6.45) is 5.27. The molecule has 1 aliphatic heterocycles. The van der Waals surface area contributed by atoms with Crippen molar-refractivity contribution in [3.8, 4) is 0 Å². The van der Waals surface area contributed by atoms with Gasteiger partial charge in [0.1, 0.15) is 9.84 Å². The lowest BCUT2D eigenvalue weighted by atomic mass is 10.2. The number of hydrogen-bond acceptors (Lipinski definition) is 6. The summed E-state index contributed by atoms with van der Waals surface area (Å²) < 4.78 is 21.9. The predicted molar refractivity (Wildman–Crippen MR) is 86.9 cm³/mol. The zero-order chi connectivity index (χ0) is 17.7. The Hall–Kier alpha value is -1.19. The van der Waals surface area contributed by atoms with Crippen LogP contribution >= 0.6 is 0 Å². The molecule has 136 valence electrons. The summed E-state index contributed by atoms with van der Waals surface area (Å²) in [7, 11) is -3.12. The molecule has 0 saturated carbocycles. The first kappa shape index (κ1) is 21.8. The Balaban J connectivity index is 0.00000149. The maximum absolute atomic E-state index is 11.4. The number of rotatable bonds is 7. The average molecular weight is 352 g/mol. The minimum absolute atomic E-state index is 0.0464. The largest absolute Gasteiger partial charge is 0.483 e. The Morgan fingerprint density at radius 1 is 1.26 bits per heavy atom. The molecule has 3 N–H and O–H groups in total. The van der Waals surface area contributed by atoms with Gasteiger partial charge in [-0.3, -0.25) is 9.59 Å². The van der Waals surface area contributed by atoms with Crippen LogP contribution in [0.1, 0.15) is 32.1 Å². The highest BCUT2D eigenvalue weighted by Crippen LogP contribution is 2.09. The molecule has 23 heavy (non-hydrogen) atoms. The number of carboxylic acid groups (broad SMARTS) is 1. The van der Waals surface area contributed by atoms with Crippen molar-refractivity contribution in [3.63, 3.8) is 0 Å². The van der Waals surface area contributed by atoms with Crippen molar-refractivity contribution in [2.75, 3.05) is 38.2 Å². The summed E-state index contributed by atoms with van der Waals surface area (Å²) in [4.78, 5) is 22.0. The molecule has 0 bridgehead atoms. The maximum Gasteiger partial charge on any atom is 0.290 e. The summed E-state index contributed by atoms with van der Waals surface area (Å²) in [6.45, 7) is 2.49. The first-order valence-corrected chi connectivity index (χ1v) is 9.77. The van der Waals surface area contributed by atoms with Crippen molar-refractivity contribution in [2.45, 2.75) is 38.2 Å². The van der Waals surface area contributed by atoms with Gasteiger partial charge in [0.2, 0.25) is 5.91 Å². The molecule has 0 aromatic rings. The fourth-order valence-corrected chi connectivity index (χ4v) is 2.84. The smallest absolute Gasteiger partial charge is 0.290 e. The van der Waals surface area contributed by atoms with Crippen molar-refractivity contribution < 1.29 is 28.2 Å². The van der Waals surface area contributed by atoms with Crippen molar-refractivity contribution >= 4 is 22.2 Å². The molecule has 8 nitrogen and oxygen atoms in total. The van der Waals surface area contributed by atoms with Gasteiger partial charge in [0.15, 0.2) is 0 Å². The van der Waals surface area contributed by atoms with Gasteiger partial charge >= 0.3 is 0 Å². The molecule has 1 unspecified atom stereocenters. The molecule has 1 aliphatic rings. The quantitative estimate of drug-likeness (QED) is 0.526. The van der Waals surface area contributed by atoms with Gasteiger partial charge in [0.05, 0.1) is 11.9 Å². The number of carbonyl (C=O) groups excluding carboxylic acids is 1. The topological polar surface area (TPSA) is 124 Å². The van der Waals surface area contributed by atoms with E-state index in [4.69, 9.17) is 9.90 Å². The Morgan fingerprint density at radius 3 is 2.26 bits per heavy atom. The van der Waals surface area contributed by atoms with Crippen molar-refractivity contribution in [1.29, 1.82) is 0 Å². The van der Waals surface area contributed by atoms with Crippen LogP contribution in [0.2, 0.25) is 0 Å². The Bertz CT molecular complexity index is 433. The number of aliphatic hydroxyl groups is 1. The number of aliphatic hydroxyl groups excluding tert-OH is 1. The van der Waals surface area contributed by atoms with Crippen LogP contribution in [0.15, 0.2) is 0 Å². The fourth-order valence-electron chi connectivity index (χ4n) is 2.28. The summed E-state index contributed by atoms with van der Waals surface area (Å²) in [5, 5.41) is 19.4. The molecule has 0 aromatic carbocycles. The van der Waals surface area contributed by atoms with Crippen LogP contribution in [-0.2, 0) is 19.4 Å². The van der Waals surface area contributed by atoms with E-state index in [0.717, 1.165) is 32.2 Å². The number of amides is 1. The molecule has 1 rings (SSSR count). The van der Waals surface area contributed by atoms with Gasteiger partial charge in [-0.25, -0.2) is 8.42 Å². The molecule has 0 aromatic heterocycles. The highest BCUT2D eigenvalue weighted by atomic mass is 32.2. The predicted octanol–water partition coefficient (Wildman–Crippen LogP) is -0.525. The van der Waals surface area contributed by atoms with Gasteiger partial charge < -0.3 is 20.4 Å². The molecule has 1 atom stereocenters. The Kier molecular flexibility index (Phi) is 11.6. The lowest BCUT2D eigenvalue weighted by molar-refractivity contribution is -0.123. The van der Waals surface area contributed by atoms with Gasteiger partial charge in [0, 0.05) is 25.8 Å². The third-order valence-electron chi connectivity index (χ3n) is 3.40. The fraction of sp³-hybridized carbons (Fsp3) is 0.857. The number of nitrogens with zero attached hydrogens (tertiary/aromatic N) is 1. The van der Waals surface area contributed by atoms with Gasteiger partial charge in [-0.15, -0.1) is 0 Å². The van der Waals surface area contributed by atoms with Crippen LogP contribution in [0.5, 0.6) is 0 Å². The second-order valence-electron chi connectivity index (χ2n) is 5.66. The zero-order valence-electron chi connectivity index (χ0n) is 13.6. The highest BCUT2D eigenvalue weighted by Gasteiger charge is 2.15. The van der Waals surface area contributed by atoms with E-state index < -0.39 is 15.9 Å². The van der Waals surface area contributed by atoms with Crippen LogP contribution < -0.4 is 5.32 Å². The van der Waals surface area contributed by atoms with Gasteiger partial charge in [-0.2, -0.15) is 0 Å². The number of hydrogen-bond donors (Lipinski definition) is 3. The molecule has 1 amide bonds. The van der Waals surface area contributed by atoms with Crippen molar-refractivity contribution in [3.05, 3.63) is 0 Å². The van der Waals surface area contributed by atoms with E-state index in [1.807, 2.05) is 0 Å². The minimum Gasteiger partial charge on any atom is -0.483 e. The molecule has 1 heterocycles. The number of likely N-dealkylation sites (tertiary alicyclic amines) is 1. The van der Waals surface area contributed by atoms with Crippen LogP contribution in [0.25, 0.3) is 0 Å². The monoisotopic (exact) mass is 352 g/mol. The van der Waals surface area contributed by atoms with E-state index in [9.17, 15) is 18.3 Å². The van der Waals surface area contributed by atoms with Crippen molar-refractivity contribution in [2.24, 2.45) is 0 Å². The summed E-state index contributed by atoms with van der Waals surface area (Å²) in [5.41, 5.74) is 0. The molecule has 0 aliphatic carbocycles. The number of nitrogens with one attached hydrogen (secondary N) is 1. The number of β-amino-alcohol motifs (C(OH)–C–C–N with tert-alkyl or cyclic N) is 1. The molecular formula is C14H28N2O6S. The maximum atomic E-state index is 11.4. The van der Waals surface area contributed by atoms with E-state index in [1.165, 1.54) is 12.8 Å². The van der Waals surface area contributed by atoms with E-state index in [-0.39, 0.29) is 31.1 Å². The van der Waals surface area contributed by atoms with E-state index >= 15 is 0 Å². The number of carbonyl (C=O) groups is 2. The van der Waals surface area contributed by atoms with E-state index in [1.54, 1.807) is 0 Å². The molecule has 0 spiro atoms. The lowest BCUT2D eigenvalue weighted by Crippen LogP contribution is -2.40. The Morgan fingerprint density at radius 2 is 1.78 bits per heavy atom. The zero-order valence-corrected chi connectivity index (χ0v) is 14.4. The van der Waals surface area contributed by atoms with Crippen LogP contribution in [0.4, 0.5) is 0 Å². The van der Waals surface area contributed by atoms with Crippen LogP contribution in [0, 0.1) is 0 Å².